The van der Waals surface area contributed by atoms with E-state index < -0.39 is 10.0 Å². The van der Waals surface area contributed by atoms with Gasteiger partial charge in [0.25, 0.3) is 10.0 Å². The lowest BCUT2D eigenvalue weighted by Crippen LogP contribution is -2.42. The summed E-state index contributed by atoms with van der Waals surface area (Å²) >= 11 is 5.82. The highest BCUT2D eigenvalue weighted by Crippen LogP contribution is 2.27. The molecule has 1 saturated heterocycles. The first kappa shape index (κ1) is 13.8. The van der Waals surface area contributed by atoms with Crippen molar-refractivity contribution in [3.05, 3.63) is 11.3 Å². The van der Waals surface area contributed by atoms with Gasteiger partial charge in [-0.25, -0.2) is 8.42 Å². The Balaban J connectivity index is 2.41. The standard InChI is InChI=1S/C11H18ClN3O2S/c1-8-5-3-4-6-15(8)18(16,17)11-10(7-12)9(2)13-14-11/h8H,3-7H2,1-2H3,(H,13,14). The molecule has 0 spiro atoms. The lowest BCUT2D eigenvalue weighted by Gasteiger charge is -2.31. The fourth-order valence-electron chi connectivity index (χ4n) is 2.34. The molecule has 1 aromatic heterocycles. The van der Waals surface area contributed by atoms with Gasteiger partial charge in [-0.15, -0.1) is 11.6 Å². The Morgan fingerprint density at radius 3 is 2.83 bits per heavy atom. The van der Waals surface area contributed by atoms with Crippen molar-refractivity contribution in [1.29, 1.82) is 0 Å². The maximum Gasteiger partial charge on any atom is 0.262 e. The number of hydrogen-bond donors (Lipinski definition) is 1. The van der Waals surface area contributed by atoms with Crippen LogP contribution in [0.2, 0.25) is 0 Å². The molecule has 1 unspecified atom stereocenters. The summed E-state index contributed by atoms with van der Waals surface area (Å²) in [5.74, 6) is 0.152. The number of hydrogen-bond acceptors (Lipinski definition) is 3. The number of halogens is 1. The van der Waals surface area contributed by atoms with Crippen LogP contribution < -0.4 is 0 Å². The Bertz CT molecular complexity index is 526. The summed E-state index contributed by atoms with van der Waals surface area (Å²) in [6, 6.07) is 0.0314. The van der Waals surface area contributed by atoms with Crippen molar-refractivity contribution in [2.45, 2.75) is 50.1 Å². The molecule has 1 aromatic rings. The van der Waals surface area contributed by atoms with E-state index >= 15 is 0 Å². The molecule has 5 nitrogen and oxygen atoms in total. The topological polar surface area (TPSA) is 66.1 Å². The second kappa shape index (κ2) is 5.19. The van der Waals surface area contributed by atoms with Crippen LogP contribution in [-0.4, -0.2) is 35.5 Å². The molecule has 2 heterocycles. The molecule has 0 bridgehead atoms. The monoisotopic (exact) mass is 291 g/mol. The number of aryl methyl sites for hydroxylation is 1. The van der Waals surface area contributed by atoms with Gasteiger partial charge >= 0.3 is 0 Å². The molecular weight excluding hydrogens is 274 g/mol. The number of alkyl halides is 1. The third-order valence-electron chi connectivity index (χ3n) is 3.46. The number of sulfonamides is 1. The van der Waals surface area contributed by atoms with E-state index in [9.17, 15) is 8.42 Å². The third kappa shape index (κ3) is 2.29. The van der Waals surface area contributed by atoms with Crippen LogP contribution >= 0.6 is 11.6 Å². The zero-order valence-corrected chi connectivity index (χ0v) is 12.2. The largest absolute Gasteiger partial charge is 0.281 e. The molecule has 2 rings (SSSR count). The molecule has 1 fully saturated rings. The van der Waals surface area contributed by atoms with E-state index in [1.165, 1.54) is 0 Å². The molecule has 1 aliphatic heterocycles. The Labute approximate surface area is 113 Å². The molecule has 18 heavy (non-hydrogen) atoms. The van der Waals surface area contributed by atoms with Crippen LogP contribution in [0.25, 0.3) is 0 Å². The second-order valence-electron chi connectivity index (χ2n) is 4.73. The molecule has 1 atom stereocenters. The first-order chi connectivity index (χ1) is 8.48. The molecule has 0 amide bonds. The number of aromatic nitrogens is 2. The number of aromatic amines is 1. The lowest BCUT2D eigenvalue weighted by molar-refractivity contribution is 0.268. The normalized spacial score (nSPS) is 22.3. The molecule has 1 N–H and O–H groups in total. The number of H-pyrrole nitrogens is 1. The minimum atomic E-state index is -3.53. The number of nitrogens with one attached hydrogen (secondary N) is 1. The van der Waals surface area contributed by atoms with Gasteiger partial charge < -0.3 is 0 Å². The van der Waals surface area contributed by atoms with Crippen LogP contribution in [0.15, 0.2) is 5.03 Å². The Morgan fingerprint density at radius 2 is 2.22 bits per heavy atom. The molecular formula is C11H18ClN3O2S. The maximum atomic E-state index is 12.6. The van der Waals surface area contributed by atoms with Crippen molar-refractivity contribution in [3.63, 3.8) is 0 Å². The first-order valence-electron chi connectivity index (χ1n) is 6.10. The van der Waals surface area contributed by atoms with E-state index in [0.29, 0.717) is 17.8 Å². The summed E-state index contributed by atoms with van der Waals surface area (Å²) in [7, 11) is -3.53. The van der Waals surface area contributed by atoms with E-state index in [0.717, 1.165) is 19.3 Å². The summed E-state index contributed by atoms with van der Waals surface area (Å²) in [5, 5.41) is 6.72. The lowest BCUT2D eigenvalue weighted by atomic mass is 10.1. The molecule has 0 aliphatic carbocycles. The van der Waals surface area contributed by atoms with E-state index in [1.807, 2.05) is 6.92 Å². The van der Waals surface area contributed by atoms with E-state index in [-0.39, 0.29) is 16.9 Å². The van der Waals surface area contributed by atoms with Crippen molar-refractivity contribution < 1.29 is 8.42 Å². The van der Waals surface area contributed by atoms with Gasteiger partial charge in [0, 0.05) is 23.8 Å². The highest BCUT2D eigenvalue weighted by Gasteiger charge is 2.34. The fraction of sp³-hybridized carbons (Fsp3) is 0.727. The average molecular weight is 292 g/mol. The Hall–Kier alpha value is -0.590. The van der Waals surface area contributed by atoms with Crippen LogP contribution in [0, 0.1) is 6.92 Å². The van der Waals surface area contributed by atoms with E-state index in [2.05, 4.69) is 10.2 Å². The summed E-state index contributed by atoms with van der Waals surface area (Å²) in [5.41, 5.74) is 1.29. The molecule has 0 saturated carbocycles. The number of piperidine rings is 1. The smallest absolute Gasteiger partial charge is 0.262 e. The summed E-state index contributed by atoms with van der Waals surface area (Å²) in [4.78, 5) is 0. The average Bonchev–Trinajstić information content (AvgIpc) is 2.71. The highest BCUT2D eigenvalue weighted by atomic mass is 35.5. The summed E-state index contributed by atoms with van der Waals surface area (Å²) in [6.07, 6.45) is 2.89. The van der Waals surface area contributed by atoms with Crippen LogP contribution in [-0.2, 0) is 15.9 Å². The molecule has 1 aliphatic rings. The first-order valence-corrected chi connectivity index (χ1v) is 8.07. The number of rotatable bonds is 3. The minimum absolute atomic E-state index is 0.0314. The molecule has 0 aromatic carbocycles. The van der Waals surface area contributed by atoms with Crippen molar-refractivity contribution in [3.8, 4) is 0 Å². The van der Waals surface area contributed by atoms with Crippen LogP contribution in [0.5, 0.6) is 0 Å². The minimum Gasteiger partial charge on any atom is -0.281 e. The van der Waals surface area contributed by atoms with Crippen molar-refractivity contribution in [2.75, 3.05) is 6.54 Å². The van der Waals surface area contributed by atoms with Crippen LogP contribution in [0.4, 0.5) is 0 Å². The second-order valence-corrected chi connectivity index (χ2v) is 6.80. The summed E-state index contributed by atoms with van der Waals surface area (Å²) < 4.78 is 26.7. The predicted octanol–water partition coefficient (Wildman–Crippen LogP) is 2.02. The zero-order valence-electron chi connectivity index (χ0n) is 10.6. The van der Waals surface area contributed by atoms with Gasteiger partial charge in [-0.05, 0) is 26.7 Å². The van der Waals surface area contributed by atoms with Gasteiger partial charge in [-0.3, -0.25) is 5.10 Å². The molecule has 102 valence electrons. The summed E-state index contributed by atoms with van der Waals surface area (Å²) in [6.45, 7) is 4.29. The zero-order chi connectivity index (χ0) is 13.3. The van der Waals surface area contributed by atoms with E-state index in [1.54, 1.807) is 11.2 Å². The highest BCUT2D eigenvalue weighted by molar-refractivity contribution is 7.89. The number of nitrogens with zero attached hydrogens (tertiary/aromatic N) is 2. The van der Waals surface area contributed by atoms with Crippen molar-refractivity contribution in [1.82, 2.24) is 14.5 Å². The maximum absolute atomic E-state index is 12.6. The van der Waals surface area contributed by atoms with Gasteiger partial charge in [-0.2, -0.15) is 9.40 Å². The van der Waals surface area contributed by atoms with E-state index in [4.69, 9.17) is 11.6 Å². The quantitative estimate of drug-likeness (QED) is 0.867. The molecule has 0 radical (unpaired) electrons. The fourth-order valence-corrected chi connectivity index (χ4v) is 4.62. The van der Waals surface area contributed by atoms with Crippen molar-refractivity contribution in [2.24, 2.45) is 0 Å². The van der Waals surface area contributed by atoms with Gasteiger partial charge in [-0.1, -0.05) is 6.42 Å². The Kier molecular flexibility index (Phi) is 3.99. The molecule has 7 heteroatoms. The van der Waals surface area contributed by atoms with Gasteiger partial charge in [0.1, 0.15) is 0 Å². The third-order valence-corrected chi connectivity index (χ3v) is 5.72. The SMILES string of the molecule is Cc1[nH]nc(S(=O)(=O)N2CCCCC2C)c1CCl. The van der Waals surface area contributed by atoms with Crippen LogP contribution in [0.3, 0.4) is 0 Å². The van der Waals surface area contributed by atoms with Gasteiger partial charge in [0.2, 0.25) is 0 Å². The van der Waals surface area contributed by atoms with Gasteiger partial charge in [0.15, 0.2) is 5.03 Å². The Morgan fingerprint density at radius 1 is 1.50 bits per heavy atom. The van der Waals surface area contributed by atoms with Crippen LogP contribution in [0.1, 0.15) is 37.4 Å². The van der Waals surface area contributed by atoms with Crippen molar-refractivity contribution >= 4 is 21.6 Å². The predicted molar refractivity (Wildman–Crippen MR) is 70.1 cm³/mol. The van der Waals surface area contributed by atoms with Gasteiger partial charge in [0.05, 0.1) is 5.88 Å².